The van der Waals surface area contributed by atoms with Crippen LogP contribution in [0.25, 0.3) is 0 Å². The monoisotopic (exact) mass is 261 g/mol. The van der Waals surface area contributed by atoms with Crippen LogP contribution in [0.15, 0.2) is 12.1 Å². The minimum absolute atomic E-state index is 0.110. The van der Waals surface area contributed by atoms with Gasteiger partial charge in [0.25, 0.3) is 0 Å². The van der Waals surface area contributed by atoms with Crippen LogP contribution >= 0.6 is 0 Å². The molecule has 2 N–H and O–H groups in total. The maximum Gasteiger partial charge on any atom is 0.320 e. The molecule has 0 aliphatic carbocycles. The van der Waals surface area contributed by atoms with Crippen LogP contribution in [0, 0.1) is 23.4 Å². The van der Waals surface area contributed by atoms with E-state index in [0.717, 1.165) is 6.07 Å². The Bertz CT molecular complexity index is 449. The fraction of sp³-hybridized carbons (Fsp3) is 0.417. The Morgan fingerprint density at radius 2 is 1.78 bits per heavy atom. The van der Waals surface area contributed by atoms with Gasteiger partial charge in [-0.2, -0.15) is 0 Å². The largest absolute Gasteiger partial charge is 0.480 e. The van der Waals surface area contributed by atoms with Crippen molar-refractivity contribution in [1.29, 1.82) is 0 Å². The first-order valence-electron chi connectivity index (χ1n) is 5.42. The summed E-state index contributed by atoms with van der Waals surface area (Å²) >= 11 is 0. The van der Waals surface area contributed by atoms with Crippen molar-refractivity contribution in [2.24, 2.45) is 5.92 Å². The molecule has 1 aromatic rings. The highest BCUT2D eigenvalue weighted by atomic mass is 19.2. The van der Waals surface area contributed by atoms with E-state index < -0.39 is 29.5 Å². The van der Waals surface area contributed by atoms with Crippen molar-refractivity contribution in [3.63, 3.8) is 0 Å². The predicted molar refractivity (Wildman–Crippen MR) is 59.4 cm³/mol. The summed E-state index contributed by atoms with van der Waals surface area (Å²) in [5.41, 5.74) is -0.110. The van der Waals surface area contributed by atoms with Crippen molar-refractivity contribution in [2.75, 3.05) is 0 Å². The summed E-state index contributed by atoms with van der Waals surface area (Å²) in [6.45, 7) is 3.19. The van der Waals surface area contributed by atoms with Gasteiger partial charge in [0.2, 0.25) is 0 Å². The van der Waals surface area contributed by atoms with E-state index in [1.54, 1.807) is 13.8 Å². The quantitative estimate of drug-likeness (QED) is 0.800. The molecular weight excluding hydrogens is 247 g/mol. The molecule has 0 aromatic heterocycles. The number of rotatable bonds is 5. The molecule has 18 heavy (non-hydrogen) atoms. The Kier molecular flexibility index (Phi) is 4.72. The van der Waals surface area contributed by atoms with E-state index in [1.807, 2.05) is 0 Å². The first kappa shape index (κ1) is 14.5. The van der Waals surface area contributed by atoms with Crippen LogP contribution in [0.2, 0.25) is 0 Å². The molecule has 0 radical (unpaired) electrons. The van der Waals surface area contributed by atoms with Gasteiger partial charge in [0, 0.05) is 18.2 Å². The molecular formula is C12H14F3NO2. The van der Waals surface area contributed by atoms with E-state index in [0.29, 0.717) is 6.07 Å². The van der Waals surface area contributed by atoms with E-state index in [1.165, 1.54) is 0 Å². The first-order chi connectivity index (χ1) is 8.32. The molecule has 0 aliphatic heterocycles. The lowest BCUT2D eigenvalue weighted by Crippen LogP contribution is -2.40. The second-order valence-corrected chi connectivity index (χ2v) is 4.30. The fourth-order valence-corrected chi connectivity index (χ4v) is 1.53. The van der Waals surface area contributed by atoms with Gasteiger partial charge in [-0.3, -0.25) is 10.1 Å². The predicted octanol–water partition coefficient (Wildman–Crippen LogP) is 2.30. The van der Waals surface area contributed by atoms with Crippen LogP contribution < -0.4 is 5.32 Å². The van der Waals surface area contributed by atoms with Crippen molar-refractivity contribution < 1.29 is 23.1 Å². The first-order valence-corrected chi connectivity index (χ1v) is 5.42. The molecule has 0 heterocycles. The minimum atomic E-state index is -1.27. The molecule has 0 amide bonds. The third-order valence-electron chi connectivity index (χ3n) is 2.53. The van der Waals surface area contributed by atoms with Gasteiger partial charge >= 0.3 is 5.97 Å². The molecule has 0 fully saturated rings. The topological polar surface area (TPSA) is 49.3 Å². The summed E-state index contributed by atoms with van der Waals surface area (Å²) in [6.07, 6.45) is 0. The number of carboxylic acid groups (broad SMARTS) is 1. The van der Waals surface area contributed by atoms with Crippen molar-refractivity contribution >= 4 is 5.97 Å². The zero-order valence-electron chi connectivity index (χ0n) is 10.0. The fourth-order valence-electron chi connectivity index (χ4n) is 1.53. The van der Waals surface area contributed by atoms with Crippen LogP contribution in [-0.2, 0) is 11.3 Å². The maximum absolute atomic E-state index is 13.3. The third-order valence-corrected chi connectivity index (χ3v) is 2.53. The van der Waals surface area contributed by atoms with Gasteiger partial charge in [-0.15, -0.1) is 0 Å². The molecule has 1 unspecified atom stereocenters. The van der Waals surface area contributed by atoms with Crippen molar-refractivity contribution in [3.05, 3.63) is 35.1 Å². The van der Waals surface area contributed by atoms with Gasteiger partial charge in [-0.25, -0.2) is 13.2 Å². The van der Waals surface area contributed by atoms with Crippen LogP contribution in [-0.4, -0.2) is 17.1 Å². The number of hydrogen-bond donors (Lipinski definition) is 2. The van der Waals surface area contributed by atoms with Crippen molar-refractivity contribution in [2.45, 2.75) is 26.4 Å². The van der Waals surface area contributed by atoms with Gasteiger partial charge in [0.1, 0.15) is 11.9 Å². The van der Waals surface area contributed by atoms with Crippen LogP contribution in [0.3, 0.4) is 0 Å². The lowest BCUT2D eigenvalue weighted by atomic mass is 10.0. The molecule has 0 saturated heterocycles. The van der Waals surface area contributed by atoms with E-state index >= 15 is 0 Å². The van der Waals surface area contributed by atoms with Crippen LogP contribution in [0.1, 0.15) is 19.4 Å². The summed E-state index contributed by atoms with van der Waals surface area (Å²) in [5, 5.41) is 11.5. The van der Waals surface area contributed by atoms with Gasteiger partial charge in [0.05, 0.1) is 0 Å². The lowest BCUT2D eigenvalue weighted by molar-refractivity contribution is -0.140. The second-order valence-electron chi connectivity index (χ2n) is 4.30. The molecule has 1 atom stereocenters. The third kappa shape index (κ3) is 3.46. The SMILES string of the molecule is CC(C)C(NCc1cc(F)c(F)cc1F)C(=O)O. The molecule has 100 valence electrons. The average Bonchev–Trinajstić information content (AvgIpc) is 2.24. The summed E-state index contributed by atoms with van der Waals surface area (Å²) in [5.74, 6) is -4.63. The molecule has 1 aromatic carbocycles. The van der Waals surface area contributed by atoms with Gasteiger partial charge < -0.3 is 5.11 Å². The van der Waals surface area contributed by atoms with Crippen LogP contribution in [0.5, 0.6) is 0 Å². The van der Waals surface area contributed by atoms with Gasteiger partial charge in [-0.05, 0) is 12.0 Å². The molecule has 0 bridgehead atoms. The Balaban J connectivity index is 2.79. The van der Waals surface area contributed by atoms with Gasteiger partial charge in [-0.1, -0.05) is 13.8 Å². The molecule has 3 nitrogen and oxygen atoms in total. The molecule has 0 saturated carbocycles. The molecule has 6 heteroatoms. The Morgan fingerprint density at radius 1 is 1.22 bits per heavy atom. The normalized spacial score (nSPS) is 12.8. The Morgan fingerprint density at radius 3 is 2.28 bits per heavy atom. The zero-order valence-corrected chi connectivity index (χ0v) is 10.0. The van der Waals surface area contributed by atoms with Crippen LogP contribution in [0.4, 0.5) is 13.2 Å². The summed E-state index contributed by atoms with van der Waals surface area (Å²) in [4.78, 5) is 10.9. The number of benzene rings is 1. The highest BCUT2D eigenvalue weighted by molar-refractivity contribution is 5.73. The summed E-state index contributed by atoms with van der Waals surface area (Å²) in [7, 11) is 0. The summed E-state index contributed by atoms with van der Waals surface area (Å²) in [6, 6.07) is 0.284. The average molecular weight is 261 g/mol. The Labute approximate surface area is 103 Å². The number of hydrogen-bond acceptors (Lipinski definition) is 2. The number of nitrogens with one attached hydrogen (secondary N) is 1. The minimum Gasteiger partial charge on any atom is -0.480 e. The molecule has 0 aliphatic rings. The van der Waals surface area contributed by atoms with E-state index in [9.17, 15) is 18.0 Å². The zero-order chi connectivity index (χ0) is 13.9. The maximum atomic E-state index is 13.3. The number of halogens is 3. The second kappa shape index (κ2) is 5.86. The van der Waals surface area contributed by atoms with Crippen molar-refractivity contribution in [1.82, 2.24) is 5.32 Å². The highest BCUT2D eigenvalue weighted by Crippen LogP contribution is 2.14. The van der Waals surface area contributed by atoms with E-state index in [4.69, 9.17) is 5.11 Å². The molecule has 1 rings (SSSR count). The van der Waals surface area contributed by atoms with E-state index in [-0.39, 0.29) is 18.0 Å². The smallest absolute Gasteiger partial charge is 0.320 e. The highest BCUT2D eigenvalue weighted by Gasteiger charge is 2.21. The summed E-state index contributed by atoms with van der Waals surface area (Å²) < 4.78 is 38.9. The Hall–Kier alpha value is -1.56. The number of aliphatic carboxylic acids is 1. The molecule has 0 spiro atoms. The number of carbonyl (C=O) groups is 1. The lowest BCUT2D eigenvalue weighted by Gasteiger charge is -2.18. The standard InChI is InChI=1S/C12H14F3NO2/c1-6(2)11(12(17)18)16-5-7-3-9(14)10(15)4-8(7)13/h3-4,6,11,16H,5H2,1-2H3,(H,17,18). The number of carboxylic acids is 1. The van der Waals surface area contributed by atoms with E-state index in [2.05, 4.69) is 5.32 Å². The van der Waals surface area contributed by atoms with Gasteiger partial charge in [0.15, 0.2) is 11.6 Å². The van der Waals surface area contributed by atoms with Crippen molar-refractivity contribution in [3.8, 4) is 0 Å².